The van der Waals surface area contributed by atoms with E-state index in [9.17, 15) is 18.4 Å². The number of amides is 2. The molecule has 1 aliphatic rings. The van der Waals surface area contributed by atoms with E-state index >= 15 is 0 Å². The largest absolute Gasteiger partial charge is 0.396 e. The van der Waals surface area contributed by atoms with Gasteiger partial charge in [0.05, 0.1) is 12.1 Å². The standard InChI is InChI=1S/C37H66F2N2O4/c38-32(27-23-19-15-11-7-3-1-5-9-13-17-21-25-29-42)36(44)40-34-31-35(34)41-37(45)33(39)28-24-20-16-12-8-4-2-6-10-14-18-22-26-30-43/h27-28,34-35,42-43H,1-26,29-31H2,(H,40,44)(H,41,45)/b32-27-,33-28-. The van der Waals surface area contributed by atoms with Crippen LogP contribution in [0.25, 0.3) is 0 Å². The summed E-state index contributed by atoms with van der Waals surface area (Å²) in [7, 11) is 0. The Morgan fingerprint density at radius 1 is 0.467 bits per heavy atom. The Bertz CT molecular complexity index is 741. The van der Waals surface area contributed by atoms with Crippen molar-refractivity contribution in [2.75, 3.05) is 13.2 Å². The minimum atomic E-state index is -0.789. The highest BCUT2D eigenvalue weighted by Gasteiger charge is 2.40. The van der Waals surface area contributed by atoms with Crippen molar-refractivity contribution in [3.8, 4) is 0 Å². The van der Waals surface area contributed by atoms with Gasteiger partial charge in [-0.15, -0.1) is 0 Å². The molecule has 0 aliphatic heterocycles. The maximum absolute atomic E-state index is 14.2. The highest BCUT2D eigenvalue weighted by molar-refractivity contribution is 5.93. The zero-order valence-corrected chi connectivity index (χ0v) is 28.3. The van der Waals surface area contributed by atoms with Gasteiger partial charge in [0.15, 0.2) is 11.7 Å². The predicted molar refractivity (Wildman–Crippen MR) is 181 cm³/mol. The molecule has 8 heteroatoms. The van der Waals surface area contributed by atoms with Crippen molar-refractivity contribution < 1.29 is 28.6 Å². The van der Waals surface area contributed by atoms with Crippen LogP contribution in [0.15, 0.2) is 23.8 Å². The Morgan fingerprint density at radius 3 is 0.978 bits per heavy atom. The molecule has 262 valence electrons. The van der Waals surface area contributed by atoms with E-state index in [0.29, 0.717) is 32.5 Å². The lowest BCUT2D eigenvalue weighted by Gasteiger charge is -2.05. The molecule has 1 aliphatic carbocycles. The maximum Gasteiger partial charge on any atom is 0.279 e. The highest BCUT2D eigenvalue weighted by Crippen LogP contribution is 2.23. The van der Waals surface area contributed by atoms with Gasteiger partial charge in [0.1, 0.15) is 0 Å². The lowest BCUT2D eigenvalue weighted by Crippen LogP contribution is -2.35. The van der Waals surface area contributed by atoms with Gasteiger partial charge in [0, 0.05) is 13.2 Å². The molecule has 6 nitrogen and oxygen atoms in total. The smallest absolute Gasteiger partial charge is 0.279 e. The molecule has 1 rings (SSSR count). The number of hydrogen-bond donors (Lipinski definition) is 4. The molecule has 2 amide bonds. The number of unbranched alkanes of at least 4 members (excludes halogenated alkanes) is 24. The van der Waals surface area contributed by atoms with E-state index < -0.39 is 23.5 Å². The number of carbonyl (C=O) groups excluding carboxylic acids is 2. The minimum Gasteiger partial charge on any atom is -0.396 e. The van der Waals surface area contributed by atoms with Gasteiger partial charge in [-0.25, -0.2) is 8.78 Å². The van der Waals surface area contributed by atoms with Crippen LogP contribution in [-0.2, 0) is 9.59 Å². The second kappa shape index (κ2) is 29.6. The topological polar surface area (TPSA) is 98.7 Å². The molecule has 0 bridgehead atoms. The van der Waals surface area contributed by atoms with Crippen molar-refractivity contribution >= 4 is 11.8 Å². The molecule has 45 heavy (non-hydrogen) atoms. The summed E-state index contributed by atoms with van der Waals surface area (Å²) in [6.07, 6.45) is 31.7. The van der Waals surface area contributed by atoms with Crippen LogP contribution >= 0.6 is 0 Å². The molecule has 0 aromatic heterocycles. The molecule has 0 aromatic rings. The van der Waals surface area contributed by atoms with Crippen molar-refractivity contribution in [2.45, 2.75) is 185 Å². The van der Waals surface area contributed by atoms with E-state index in [1.807, 2.05) is 0 Å². The van der Waals surface area contributed by atoms with Crippen molar-refractivity contribution in [2.24, 2.45) is 0 Å². The summed E-state index contributed by atoms with van der Waals surface area (Å²) in [6.45, 7) is 0.603. The molecule has 0 spiro atoms. The number of aliphatic hydroxyl groups is 2. The van der Waals surface area contributed by atoms with Gasteiger partial charge in [-0.1, -0.05) is 128 Å². The van der Waals surface area contributed by atoms with E-state index in [1.165, 1.54) is 102 Å². The molecule has 1 fully saturated rings. The quantitative estimate of drug-likeness (QED) is 0.0435. The number of carbonyl (C=O) groups is 2. The third-order valence-corrected chi connectivity index (χ3v) is 8.73. The molecule has 0 heterocycles. The van der Waals surface area contributed by atoms with Crippen LogP contribution < -0.4 is 10.6 Å². The van der Waals surface area contributed by atoms with Gasteiger partial charge in [0.2, 0.25) is 0 Å². The van der Waals surface area contributed by atoms with Gasteiger partial charge < -0.3 is 20.8 Å². The SMILES string of the molecule is O=C(NC1CC1NC(=O)/C(F)=C/CCCCCCCCCCCCCCO)/C(F)=C/CCCCCCCCCCCCCCO. The molecule has 2 atom stereocenters. The molecular weight excluding hydrogens is 574 g/mol. The average Bonchev–Trinajstić information content (AvgIpc) is 3.77. The van der Waals surface area contributed by atoms with Gasteiger partial charge >= 0.3 is 0 Å². The van der Waals surface area contributed by atoms with Crippen LogP contribution in [0.2, 0.25) is 0 Å². The fourth-order valence-electron chi connectivity index (χ4n) is 5.68. The average molecular weight is 641 g/mol. The number of rotatable bonds is 32. The van der Waals surface area contributed by atoms with E-state index in [4.69, 9.17) is 10.2 Å². The first-order chi connectivity index (χ1) is 22.0. The minimum absolute atomic E-state index is 0.301. The Hall–Kier alpha value is -1.80. The van der Waals surface area contributed by atoms with E-state index in [1.54, 1.807) is 0 Å². The first-order valence-electron chi connectivity index (χ1n) is 18.5. The first-order valence-corrected chi connectivity index (χ1v) is 18.5. The number of allylic oxidation sites excluding steroid dienone is 2. The predicted octanol–water partition coefficient (Wildman–Crippen LogP) is 9.19. The van der Waals surface area contributed by atoms with Crippen molar-refractivity contribution in [1.82, 2.24) is 10.6 Å². The third-order valence-electron chi connectivity index (χ3n) is 8.73. The summed E-state index contributed by atoms with van der Waals surface area (Å²) in [4.78, 5) is 24.2. The summed E-state index contributed by atoms with van der Waals surface area (Å²) in [6, 6.07) is -0.722. The van der Waals surface area contributed by atoms with Crippen LogP contribution in [0.3, 0.4) is 0 Å². The maximum atomic E-state index is 14.2. The van der Waals surface area contributed by atoms with Gasteiger partial charge in [-0.3, -0.25) is 9.59 Å². The first kappa shape index (κ1) is 41.2. The second-order valence-corrected chi connectivity index (χ2v) is 13.0. The number of hydrogen-bond acceptors (Lipinski definition) is 4. The molecule has 0 saturated heterocycles. The number of aliphatic hydroxyl groups excluding tert-OH is 2. The lowest BCUT2D eigenvalue weighted by molar-refractivity contribution is -0.120. The molecule has 0 radical (unpaired) electrons. The Morgan fingerprint density at radius 2 is 0.711 bits per heavy atom. The van der Waals surface area contributed by atoms with Crippen LogP contribution in [0.4, 0.5) is 8.78 Å². The molecule has 4 N–H and O–H groups in total. The molecular formula is C37H66F2N2O4. The molecule has 2 unspecified atom stereocenters. The van der Waals surface area contributed by atoms with Crippen LogP contribution in [0, 0.1) is 0 Å². The number of nitrogens with one attached hydrogen (secondary N) is 2. The summed E-state index contributed by atoms with van der Waals surface area (Å²) in [5.41, 5.74) is 0. The second-order valence-electron chi connectivity index (χ2n) is 13.0. The normalized spacial score (nSPS) is 16.6. The monoisotopic (exact) mass is 640 g/mol. The van der Waals surface area contributed by atoms with Crippen molar-refractivity contribution in [3.05, 3.63) is 23.8 Å². The van der Waals surface area contributed by atoms with Crippen molar-refractivity contribution in [1.29, 1.82) is 0 Å². The van der Waals surface area contributed by atoms with Crippen LogP contribution in [0.5, 0.6) is 0 Å². The Kier molecular flexibility index (Phi) is 27.1. The number of halogens is 2. The summed E-state index contributed by atoms with van der Waals surface area (Å²) in [5, 5.41) is 22.7. The Balaban J connectivity index is 1.98. The van der Waals surface area contributed by atoms with Crippen LogP contribution in [-0.4, -0.2) is 47.3 Å². The van der Waals surface area contributed by atoms with Crippen LogP contribution in [0.1, 0.15) is 173 Å². The Labute approximate surface area is 273 Å². The van der Waals surface area contributed by atoms with E-state index in [0.717, 1.165) is 64.2 Å². The highest BCUT2D eigenvalue weighted by atomic mass is 19.1. The lowest BCUT2D eigenvalue weighted by atomic mass is 10.0. The zero-order valence-electron chi connectivity index (χ0n) is 28.3. The van der Waals surface area contributed by atoms with Gasteiger partial charge in [-0.05, 0) is 57.1 Å². The zero-order chi connectivity index (χ0) is 32.8. The summed E-state index contributed by atoms with van der Waals surface area (Å²) in [5.74, 6) is -3.11. The van der Waals surface area contributed by atoms with Gasteiger partial charge in [-0.2, -0.15) is 0 Å². The summed E-state index contributed by atoms with van der Waals surface area (Å²) >= 11 is 0. The molecule has 1 saturated carbocycles. The summed E-state index contributed by atoms with van der Waals surface area (Å²) < 4.78 is 28.4. The molecule has 0 aromatic carbocycles. The van der Waals surface area contributed by atoms with E-state index in [-0.39, 0.29) is 12.1 Å². The van der Waals surface area contributed by atoms with E-state index in [2.05, 4.69) is 10.6 Å². The fourth-order valence-corrected chi connectivity index (χ4v) is 5.68. The fraction of sp³-hybridized carbons (Fsp3) is 0.838. The van der Waals surface area contributed by atoms with Gasteiger partial charge in [0.25, 0.3) is 11.8 Å². The third kappa shape index (κ3) is 25.0. The van der Waals surface area contributed by atoms with Crippen molar-refractivity contribution in [3.63, 3.8) is 0 Å².